The first-order valence-electron chi connectivity index (χ1n) is 6.21. The molecular formula is C15H18N2O2. The molecule has 0 bridgehead atoms. The maximum Gasteiger partial charge on any atom is 0.238 e. The summed E-state index contributed by atoms with van der Waals surface area (Å²) in [4.78, 5) is 13.8. The number of anilines is 1. The van der Waals surface area contributed by atoms with Gasteiger partial charge in [0.15, 0.2) is 0 Å². The van der Waals surface area contributed by atoms with Crippen molar-refractivity contribution in [3.63, 3.8) is 0 Å². The number of furan rings is 1. The SMILES string of the molecule is Cc1ccc(NC(=O)CN(C)Cc2ccco2)cc1. The number of hydrogen-bond donors (Lipinski definition) is 1. The van der Waals surface area contributed by atoms with Gasteiger partial charge in [0.2, 0.25) is 5.91 Å². The first-order valence-corrected chi connectivity index (χ1v) is 6.21. The van der Waals surface area contributed by atoms with Gasteiger partial charge in [-0.15, -0.1) is 0 Å². The zero-order valence-electron chi connectivity index (χ0n) is 11.2. The second-order valence-electron chi connectivity index (χ2n) is 4.67. The Morgan fingerprint density at radius 3 is 2.63 bits per heavy atom. The Bertz CT molecular complexity index is 518. The molecule has 0 unspecified atom stereocenters. The fourth-order valence-electron chi connectivity index (χ4n) is 1.81. The monoisotopic (exact) mass is 258 g/mol. The van der Waals surface area contributed by atoms with Gasteiger partial charge in [0, 0.05) is 5.69 Å². The number of nitrogens with one attached hydrogen (secondary N) is 1. The summed E-state index contributed by atoms with van der Waals surface area (Å²) in [5.41, 5.74) is 2.00. The summed E-state index contributed by atoms with van der Waals surface area (Å²) >= 11 is 0. The normalized spacial score (nSPS) is 10.7. The number of benzene rings is 1. The quantitative estimate of drug-likeness (QED) is 0.896. The molecule has 2 rings (SSSR count). The van der Waals surface area contributed by atoms with Crippen LogP contribution in [0.3, 0.4) is 0 Å². The van der Waals surface area contributed by atoms with Crippen molar-refractivity contribution in [2.24, 2.45) is 0 Å². The van der Waals surface area contributed by atoms with Crippen LogP contribution in [0.4, 0.5) is 5.69 Å². The van der Waals surface area contributed by atoms with Gasteiger partial charge in [0.05, 0.1) is 19.4 Å². The molecule has 0 saturated heterocycles. The van der Waals surface area contributed by atoms with Crippen LogP contribution in [0.25, 0.3) is 0 Å². The molecule has 0 aliphatic rings. The largest absolute Gasteiger partial charge is 0.468 e. The Morgan fingerprint density at radius 1 is 1.26 bits per heavy atom. The van der Waals surface area contributed by atoms with Gasteiger partial charge in [-0.3, -0.25) is 9.69 Å². The first-order chi connectivity index (χ1) is 9.13. The molecule has 1 aromatic carbocycles. The van der Waals surface area contributed by atoms with Gasteiger partial charge in [0.1, 0.15) is 5.76 Å². The van der Waals surface area contributed by atoms with Crippen LogP contribution >= 0.6 is 0 Å². The predicted octanol–water partition coefficient (Wildman–Crippen LogP) is 2.66. The molecule has 4 heteroatoms. The van der Waals surface area contributed by atoms with E-state index in [0.29, 0.717) is 13.1 Å². The molecule has 19 heavy (non-hydrogen) atoms. The van der Waals surface area contributed by atoms with Gasteiger partial charge in [-0.25, -0.2) is 0 Å². The highest BCUT2D eigenvalue weighted by Crippen LogP contribution is 2.09. The van der Waals surface area contributed by atoms with E-state index in [-0.39, 0.29) is 5.91 Å². The lowest BCUT2D eigenvalue weighted by molar-refractivity contribution is -0.117. The third-order valence-corrected chi connectivity index (χ3v) is 2.75. The number of aryl methyl sites for hydroxylation is 1. The third-order valence-electron chi connectivity index (χ3n) is 2.75. The number of likely N-dealkylation sites (N-methyl/N-ethyl adjacent to an activating group) is 1. The van der Waals surface area contributed by atoms with Crippen LogP contribution in [0, 0.1) is 6.92 Å². The minimum Gasteiger partial charge on any atom is -0.468 e. The molecule has 1 amide bonds. The van der Waals surface area contributed by atoms with E-state index in [2.05, 4.69) is 5.32 Å². The summed E-state index contributed by atoms with van der Waals surface area (Å²) in [5, 5.41) is 2.87. The number of carbonyl (C=O) groups excluding carboxylic acids is 1. The maximum atomic E-state index is 11.9. The van der Waals surface area contributed by atoms with E-state index in [9.17, 15) is 4.79 Å². The van der Waals surface area contributed by atoms with Crippen molar-refractivity contribution in [3.05, 3.63) is 54.0 Å². The van der Waals surface area contributed by atoms with Crippen LogP contribution < -0.4 is 5.32 Å². The predicted molar refractivity (Wildman–Crippen MR) is 74.9 cm³/mol. The second-order valence-corrected chi connectivity index (χ2v) is 4.67. The number of carbonyl (C=O) groups is 1. The molecule has 0 aliphatic carbocycles. The molecular weight excluding hydrogens is 240 g/mol. The van der Waals surface area contributed by atoms with Crippen molar-refractivity contribution < 1.29 is 9.21 Å². The van der Waals surface area contributed by atoms with Gasteiger partial charge in [-0.2, -0.15) is 0 Å². The highest BCUT2D eigenvalue weighted by molar-refractivity contribution is 5.92. The second kappa shape index (κ2) is 6.20. The molecule has 100 valence electrons. The van der Waals surface area contributed by atoms with Gasteiger partial charge in [0.25, 0.3) is 0 Å². The third kappa shape index (κ3) is 4.26. The number of rotatable bonds is 5. The summed E-state index contributed by atoms with van der Waals surface area (Å²) < 4.78 is 5.24. The summed E-state index contributed by atoms with van der Waals surface area (Å²) in [6.07, 6.45) is 1.63. The lowest BCUT2D eigenvalue weighted by Crippen LogP contribution is -2.29. The van der Waals surface area contributed by atoms with Crippen molar-refractivity contribution in [2.75, 3.05) is 18.9 Å². The molecule has 0 saturated carbocycles. The fraction of sp³-hybridized carbons (Fsp3) is 0.267. The van der Waals surface area contributed by atoms with Gasteiger partial charge in [-0.1, -0.05) is 17.7 Å². The van der Waals surface area contributed by atoms with Crippen molar-refractivity contribution in [2.45, 2.75) is 13.5 Å². The van der Waals surface area contributed by atoms with Crippen LogP contribution in [0.1, 0.15) is 11.3 Å². The fourth-order valence-corrected chi connectivity index (χ4v) is 1.81. The molecule has 0 atom stereocenters. The Labute approximate surface area is 113 Å². The highest BCUT2D eigenvalue weighted by atomic mass is 16.3. The van der Waals surface area contributed by atoms with E-state index in [4.69, 9.17) is 4.42 Å². The minimum absolute atomic E-state index is 0.0297. The average Bonchev–Trinajstić information content (AvgIpc) is 2.84. The van der Waals surface area contributed by atoms with E-state index in [1.165, 1.54) is 5.56 Å². The number of nitrogens with zero attached hydrogens (tertiary/aromatic N) is 1. The van der Waals surface area contributed by atoms with Crippen molar-refractivity contribution in [3.8, 4) is 0 Å². The molecule has 1 aromatic heterocycles. The van der Waals surface area contributed by atoms with Crippen LogP contribution in [0.5, 0.6) is 0 Å². The summed E-state index contributed by atoms with van der Waals surface area (Å²) in [6, 6.07) is 11.5. The smallest absolute Gasteiger partial charge is 0.238 e. The van der Waals surface area contributed by atoms with Crippen LogP contribution in [-0.2, 0) is 11.3 Å². The Hall–Kier alpha value is -2.07. The van der Waals surface area contributed by atoms with Crippen molar-refractivity contribution in [1.82, 2.24) is 4.90 Å². The summed E-state index contributed by atoms with van der Waals surface area (Å²) in [5.74, 6) is 0.823. The molecule has 1 heterocycles. The lowest BCUT2D eigenvalue weighted by Gasteiger charge is -2.14. The van der Waals surface area contributed by atoms with E-state index in [1.54, 1.807) is 6.26 Å². The standard InChI is InChI=1S/C15H18N2O2/c1-12-5-7-13(8-6-12)16-15(18)11-17(2)10-14-4-3-9-19-14/h3-9H,10-11H2,1-2H3,(H,16,18). The van der Waals surface area contributed by atoms with Crippen molar-refractivity contribution in [1.29, 1.82) is 0 Å². The Kier molecular flexibility index (Phi) is 4.36. The maximum absolute atomic E-state index is 11.9. The van der Waals surface area contributed by atoms with E-state index < -0.39 is 0 Å². The first kappa shape index (κ1) is 13.4. The zero-order valence-corrected chi connectivity index (χ0v) is 11.2. The molecule has 2 aromatic rings. The lowest BCUT2D eigenvalue weighted by atomic mass is 10.2. The Morgan fingerprint density at radius 2 is 2.00 bits per heavy atom. The van der Waals surface area contributed by atoms with E-state index in [1.807, 2.05) is 55.3 Å². The van der Waals surface area contributed by atoms with Gasteiger partial charge in [-0.05, 0) is 38.2 Å². The molecule has 0 spiro atoms. The number of hydrogen-bond acceptors (Lipinski definition) is 3. The minimum atomic E-state index is -0.0297. The molecule has 0 fully saturated rings. The van der Waals surface area contributed by atoms with Crippen molar-refractivity contribution >= 4 is 11.6 Å². The molecule has 0 aliphatic heterocycles. The van der Waals surface area contributed by atoms with Crippen LogP contribution in [0.2, 0.25) is 0 Å². The van der Waals surface area contributed by atoms with Gasteiger partial charge < -0.3 is 9.73 Å². The average molecular weight is 258 g/mol. The summed E-state index contributed by atoms with van der Waals surface area (Å²) in [7, 11) is 1.89. The Balaban J connectivity index is 1.82. The highest BCUT2D eigenvalue weighted by Gasteiger charge is 2.08. The molecule has 0 radical (unpaired) electrons. The molecule has 4 nitrogen and oxygen atoms in total. The van der Waals surface area contributed by atoms with Gasteiger partial charge >= 0.3 is 0 Å². The van der Waals surface area contributed by atoms with Crippen LogP contribution in [-0.4, -0.2) is 24.4 Å². The summed E-state index contributed by atoms with van der Waals surface area (Å²) in [6.45, 7) is 2.96. The topological polar surface area (TPSA) is 45.5 Å². The van der Waals surface area contributed by atoms with Crippen LogP contribution in [0.15, 0.2) is 47.1 Å². The zero-order chi connectivity index (χ0) is 13.7. The molecule has 1 N–H and O–H groups in total. The van der Waals surface area contributed by atoms with E-state index >= 15 is 0 Å². The number of amides is 1. The van der Waals surface area contributed by atoms with E-state index in [0.717, 1.165) is 11.4 Å².